The van der Waals surface area contributed by atoms with Crippen molar-refractivity contribution in [3.63, 3.8) is 0 Å². The standard InChI is InChI=1S/3C21H27N.6C2H6.6CH4/c1-6-22-15(5)14(4)20-18-11-12(2)13(3)19(18)16-9-7-8-10-17(16)21(20)22;1-6-22-15(5)14(4)20-19-13(3)12(2)11-18(19)16-9-7-8-10-17(16)21(20)22;1-6-22-15(5)14(4)20-17-10-8-7-9-16(17)18-11-12(2)13(3)19(18)21(20)22;6*1-2;;;;;;/h3*7-10,12-15H,6,11H2,1-5H3;6*1-2H3;6*1H4/t12-,13-,14-,15+;12-,13-,14+,15-;12-,13-,14-,15+;;;;;;;;;;;;/m101............/s1. The SMILES string of the molecule is C.C.C.C.C.C.CC.CC.CC.CC.CC.CC.CCN1c2c(c3c(c4ccccc24)C[C@H](C)[C@@H]3C)[C@H](C)[C@@H]1C.CCN1c2c(c3c(c4ccccc24)[C@H](C)[C@H](C)C3)[C@H](C)[C@@H]1C.CCN1c2c3c(c4ccccc4c2[C@H](C)[C@@H]1C)C[C@@H](C)[C@H]3C. The van der Waals surface area contributed by atoms with Crippen LogP contribution in [0.15, 0.2) is 72.8 Å². The monoisotopic (exact) mass is 1160 g/mol. The summed E-state index contributed by atoms with van der Waals surface area (Å²) < 4.78 is 0. The lowest BCUT2D eigenvalue weighted by Gasteiger charge is -2.27. The zero-order valence-electron chi connectivity index (χ0n) is 55.4. The van der Waals surface area contributed by atoms with Gasteiger partial charge in [-0.1, -0.05) is 263 Å². The largest absolute Gasteiger partial charge is 0.368 e. The highest BCUT2D eigenvalue weighted by Crippen LogP contribution is 2.57. The van der Waals surface area contributed by atoms with Gasteiger partial charge < -0.3 is 14.7 Å². The number of rotatable bonds is 3. The van der Waals surface area contributed by atoms with Crippen LogP contribution in [0.3, 0.4) is 0 Å². The van der Waals surface area contributed by atoms with Crippen LogP contribution in [-0.2, 0) is 19.3 Å². The van der Waals surface area contributed by atoms with E-state index in [-0.39, 0.29) is 44.6 Å². The zero-order valence-corrected chi connectivity index (χ0v) is 55.4. The summed E-state index contributed by atoms with van der Waals surface area (Å²) in [6.45, 7) is 63.3. The van der Waals surface area contributed by atoms with Crippen LogP contribution in [0.2, 0.25) is 0 Å². The van der Waals surface area contributed by atoms with Gasteiger partial charge in [-0.15, -0.1) is 0 Å². The molecule has 3 heteroatoms. The van der Waals surface area contributed by atoms with E-state index in [1.54, 1.807) is 55.8 Å². The fraction of sp³-hybridized carbons (Fsp3) is 0.630. The van der Waals surface area contributed by atoms with Crippen LogP contribution in [-0.4, -0.2) is 37.8 Å². The molecule has 84 heavy (non-hydrogen) atoms. The Morgan fingerprint density at radius 1 is 0.274 bits per heavy atom. The van der Waals surface area contributed by atoms with Crippen LogP contribution in [0.5, 0.6) is 0 Å². The van der Waals surface area contributed by atoms with E-state index < -0.39 is 0 Å². The number of likely N-dealkylation sites (N-methyl/N-ethyl adjacent to an activating group) is 3. The Morgan fingerprint density at radius 3 is 0.929 bits per heavy atom. The van der Waals surface area contributed by atoms with Crippen LogP contribution in [0, 0.1) is 17.8 Å². The van der Waals surface area contributed by atoms with Crippen molar-refractivity contribution in [3.8, 4) is 0 Å². The Morgan fingerprint density at radius 2 is 0.524 bits per heavy atom. The lowest BCUT2D eigenvalue weighted by Crippen LogP contribution is -2.31. The first-order valence-corrected chi connectivity index (χ1v) is 32.7. The van der Waals surface area contributed by atoms with Crippen molar-refractivity contribution in [2.75, 3.05) is 34.3 Å². The molecule has 0 amide bonds. The molecule has 0 saturated heterocycles. The number of hydrogen-bond acceptors (Lipinski definition) is 3. The minimum absolute atomic E-state index is 0. The molecule has 480 valence electrons. The molecule has 0 radical (unpaired) electrons. The third kappa shape index (κ3) is 14.2. The van der Waals surface area contributed by atoms with E-state index in [4.69, 9.17) is 0 Å². The average Bonchev–Trinajstić information content (AvgIpc) is 2.40. The fourth-order valence-corrected chi connectivity index (χ4v) is 15.0. The van der Waals surface area contributed by atoms with Crippen molar-refractivity contribution in [2.45, 2.75) is 304 Å². The van der Waals surface area contributed by atoms with E-state index >= 15 is 0 Å². The van der Waals surface area contributed by atoms with E-state index in [9.17, 15) is 0 Å². The first kappa shape index (κ1) is 83.7. The minimum atomic E-state index is 0. The maximum absolute atomic E-state index is 2.67. The van der Waals surface area contributed by atoms with Gasteiger partial charge in [0.2, 0.25) is 0 Å². The van der Waals surface area contributed by atoms with Gasteiger partial charge in [-0.3, -0.25) is 0 Å². The summed E-state index contributed by atoms with van der Waals surface area (Å²) in [5, 5.41) is 9.00. The van der Waals surface area contributed by atoms with Gasteiger partial charge in [-0.2, -0.15) is 0 Å². The second-order valence-corrected chi connectivity index (χ2v) is 22.5. The second kappa shape index (κ2) is 37.3. The highest BCUT2D eigenvalue weighted by molar-refractivity contribution is 6.03. The number of hydrogen-bond donors (Lipinski definition) is 0. The zero-order chi connectivity index (χ0) is 58.8. The third-order valence-corrected chi connectivity index (χ3v) is 19.5. The van der Waals surface area contributed by atoms with Gasteiger partial charge in [0, 0.05) is 83.3 Å². The topological polar surface area (TPSA) is 9.72 Å². The molecule has 3 aliphatic carbocycles. The highest BCUT2D eigenvalue weighted by Gasteiger charge is 2.44. The van der Waals surface area contributed by atoms with Gasteiger partial charge in [-0.25, -0.2) is 0 Å². The molecule has 3 aliphatic heterocycles. The van der Waals surface area contributed by atoms with E-state index in [1.807, 2.05) is 83.1 Å². The van der Waals surface area contributed by atoms with E-state index in [0.717, 1.165) is 37.4 Å². The van der Waals surface area contributed by atoms with Gasteiger partial charge in [0.1, 0.15) is 0 Å². The molecule has 0 saturated carbocycles. The summed E-state index contributed by atoms with van der Waals surface area (Å²) in [5.74, 6) is 6.25. The Bertz CT molecular complexity index is 2850. The van der Waals surface area contributed by atoms with Crippen molar-refractivity contribution in [1.29, 1.82) is 0 Å². The van der Waals surface area contributed by atoms with Crippen molar-refractivity contribution in [1.82, 2.24) is 0 Å². The van der Waals surface area contributed by atoms with Crippen LogP contribution in [0.25, 0.3) is 32.3 Å². The molecule has 6 aromatic rings. The molecule has 3 heterocycles. The first-order chi connectivity index (χ1) is 37.7. The van der Waals surface area contributed by atoms with Gasteiger partial charge in [0.15, 0.2) is 0 Å². The average molecular weight is 1160 g/mol. The maximum Gasteiger partial charge on any atom is 0.0487 e. The Hall–Kier alpha value is -4.50. The molecule has 0 fully saturated rings. The number of nitrogens with zero attached hydrogens (tertiary/aromatic N) is 3. The molecule has 6 aromatic carbocycles. The van der Waals surface area contributed by atoms with Crippen molar-refractivity contribution >= 4 is 49.4 Å². The number of fused-ring (bicyclic) bond motifs is 18. The molecule has 0 aromatic heterocycles. The molecule has 6 aliphatic rings. The Labute approximate surface area is 526 Å². The normalized spacial score (nSPS) is 24.0. The number of benzene rings is 6. The molecule has 0 bridgehead atoms. The smallest absolute Gasteiger partial charge is 0.0487 e. The van der Waals surface area contributed by atoms with Crippen molar-refractivity contribution < 1.29 is 0 Å². The van der Waals surface area contributed by atoms with Crippen LogP contribution in [0.4, 0.5) is 17.1 Å². The maximum atomic E-state index is 2.67. The predicted molar refractivity (Wildman–Crippen MR) is 397 cm³/mol. The van der Waals surface area contributed by atoms with E-state index in [2.05, 4.69) is 191 Å². The van der Waals surface area contributed by atoms with Gasteiger partial charge in [0.05, 0.1) is 0 Å². The molecular formula is C81H141N3. The van der Waals surface area contributed by atoms with Crippen LogP contribution >= 0.6 is 0 Å². The van der Waals surface area contributed by atoms with Crippen LogP contribution < -0.4 is 14.7 Å². The summed E-state index contributed by atoms with van der Waals surface area (Å²) in [7, 11) is 0. The number of anilines is 3. The summed E-state index contributed by atoms with van der Waals surface area (Å²) in [5.41, 5.74) is 19.6. The minimum Gasteiger partial charge on any atom is -0.368 e. The third-order valence-electron chi connectivity index (χ3n) is 19.5. The Kier molecular flexibility index (Phi) is 37.1. The lowest BCUT2D eigenvalue weighted by molar-refractivity contribution is 0.526. The highest BCUT2D eigenvalue weighted by atomic mass is 15.2. The summed E-state index contributed by atoms with van der Waals surface area (Å²) in [6.07, 6.45) is 3.75. The van der Waals surface area contributed by atoms with E-state index in [0.29, 0.717) is 53.6 Å². The molecule has 12 rings (SSSR count). The summed E-state index contributed by atoms with van der Waals surface area (Å²) in [6, 6.07) is 29.2. The van der Waals surface area contributed by atoms with Gasteiger partial charge >= 0.3 is 0 Å². The quantitative estimate of drug-likeness (QED) is 0.175. The molecule has 12 atom stereocenters. The molecule has 3 nitrogen and oxygen atoms in total. The van der Waals surface area contributed by atoms with Crippen molar-refractivity contribution in [2.24, 2.45) is 17.8 Å². The van der Waals surface area contributed by atoms with E-state index in [1.165, 1.54) is 63.0 Å². The molecule has 0 spiro atoms. The molecule has 0 unspecified atom stereocenters. The van der Waals surface area contributed by atoms with Gasteiger partial charge in [-0.05, 0) is 168 Å². The first-order valence-electron chi connectivity index (χ1n) is 32.7. The second-order valence-electron chi connectivity index (χ2n) is 22.5. The van der Waals surface area contributed by atoms with Crippen molar-refractivity contribution in [3.05, 3.63) is 123 Å². The van der Waals surface area contributed by atoms with Gasteiger partial charge in [0.25, 0.3) is 0 Å². The Balaban J connectivity index is -0.00000104. The van der Waals surface area contributed by atoms with Crippen LogP contribution in [0.1, 0.15) is 317 Å². The lowest BCUT2D eigenvalue weighted by atomic mass is 9.85. The fourth-order valence-electron chi connectivity index (χ4n) is 15.0. The summed E-state index contributed by atoms with van der Waals surface area (Å²) in [4.78, 5) is 7.94. The summed E-state index contributed by atoms with van der Waals surface area (Å²) >= 11 is 0. The molecular weight excluding hydrogens is 1010 g/mol. The molecule has 0 N–H and O–H groups in total. The predicted octanol–water partition coefficient (Wildman–Crippen LogP) is 26.4.